The molecule has 5 heteroatoms. The number of aromatic amines is 1. The minimum absolute atomic E-state index is 0.156. The van der Waals surface area contributed by atoms with E-state index in [-0.39, 0.29) is 11.7 Å². The van der Waals surface area contributed by atoms with Crippen molar-refractivity contribution < 1.29 is 5.11 Å². The molecule has 29 heavy (non-hydrogen) atoms. The average Bonchev–Trinajstić information content (AvgIpc) is 3.19. The second-order valence-electron chi connectivity index (χ2n) is 6.94. The molecule has 0 saturated heterocycles. The maximum absolute atomic E-state index is 9.47. The summed E-state index contributed by atoms with van der Waals surface area (Å²) in [6.07, 6.45) is 2.73. The van der Waals surface area contributed by atoms with Crippen molar-refractivity contribution in [1.29, 1.82) is 0 Å². The van der Waals surface area contributed by atoms with E-state index in [4.69, 9.17) is 23.2 Å². The van der Waals surface area contributed by atoms with Gasteiger partial charge in [0.15, 0.2) is 0 Å². The van der Waals surface area contributed by atoms with Gasteiger partial charge in [-0.1, -0.05) is 66.5 Å². The largest absolute Gasteiger partial charge is 0.508 e. The van der Waals surface area contributed by atoms with Gasteiger partial charge >= 0.3 is 0 Å². The Morgan fingerprint density at radius 1 is 0.931 bits per heavy atom. The number of phenolic OH excluding ortho intramolecular Hbond substituents is 1. The SMILES string of the molecule is CCC(c1ccc(-c2ccc(O)cc2)cc1)c1ncc(-c2ccc(Cl)cc2Cl)[nH]1. The Morgan fingerprint density at radius 2 is 1.59 bits per heavy atom. The van der Waals surface area contributed by atoms with Crippen molar-refractivity contribution in [2.75, 3.05) is 0 Å². The lowest BCUT2D eigenvalue weighted by Crippen LogP contribution is -2.02. The van der Waals surface area contributed by atoms with Crippen molar-refractivity contribution in [3.63, 3.8) is 0 Å². The van der Waals surface area contributed by atoms with E-state index >= 15 is 0 Å². The van der Waals surface area contributed by atoms with Crippen LogP contribution in [0.25, 0.3) is 22.4 Å². The van der Waals surface area contributed by atoms with Gasteiger partial charge in [-0.2, -0.15) is 0 Å². The summed E-state index contributed by atoms with van der Waals surface area (Å²) in [6.45, 7) is 2.15. The molecule has 1 heterocycles. The number of rotatable bonds is 5. The summed E-state index contributed by atoms with van der Waals surface area (Å²) >= 11 is 12.3. The quantitative estimate of drug-likeness (QED) is 0.354. The Kier molecular flexibility index (Phi) is 5.61. The molecule has 0 saturated carbocycles. The number of hydrogen-bond donors (Lipinski definition) is 2. The molecular formula is C24H20Cl2N2O. The highest BCUT2D eigenvalue weighted by molar-refractivity contribution is 6.36. The van der Waals surface area contributed by atoms with Crippen molar-refractivity contribution >= 4 is 23.2 Å². The topological polar surface area (TPSA) is 48.9 Å². The fourth-order valence-electron chi connectivity index (χ4n) is 3.51. The summed E-state index contributed by atoms with van der Waals surface area (Å²) in [5.41, 5.74) is 5.13. The van der Waals surface area contributed by atoms with E-state index in [0.717, 1.165) is 34.6 Å². The number of phenols is 1. The summed E-state index contributed by atoms with van der Waals surface area (Å²) in [7, 11) is 0. The summed E-state index contributed by atoms with van der Waals surface area (Å²) in [4.78, 5) is 8.04. The number of nitrogens with one attached hydrogen (secondary N) is 1. The number of nitrogens with zero attached hydrogens (tertiary/aromatic N) is 1. The maximum atomic E-state index is 9.47. The molecule has 0 spiro atoms. The summed E-state index contributed by atoms with van der Waals surface area (Å²) < 4.78 is 0. The molecule has 1 unspecified atom stereocenters. The highest BCUT2D eigenvalue weighted by atomic mass is 35.5. The Hall–Kier alpha value is -2.75. The van der Waals surface area contributed by atoms with Crippen molar-refractivity contribution in [2.24, 2.45) is 0 Å². The highest BCUT2D eigenvalue weighted by Gasteiger charge is 2.17. The van der Waals surface area contributed by atoms with Crippen LogP contribution in [0.5, 0.6) is 5.75 Å². The van der Waals surface area contributed by atoms with Crippen LogP contribution >= 0.6 is 23.2 Å². The Labute approximate surface area is 180 Å². The summed E-state index contributed by atoms with van der Waals surface area (Å²) in [5, 5.41) is 10.7. The van der Waals surface area contributed by atoms with Gasteiger partial charge in [-0.25, -0.2) is 4.98 Å². The van der Waals surface area contributed by atoms with Gasteiger partial charge < -0.3 is 10.1 Å². The first-order valence-corrected chi connectivity index (χ1v) is 10.2. The lowest BCUT2D eigenvalue weighted by molar-refractivity contribution is 0.475. The van der Waals surface area contributed by atoms with E-state index in [1.807, 2.05) is 30.5 Å². The molecule has 0 aliphatic rings. The normalized spacial score (nSPS) is 12.1. The van der Waals surface area contributed by atoms with Crippen LogP contribution in [-0.4, -0.2) is 15.1 Å². The van der Waals surface area contributed by atoms with Crippen LogP contribution in [-0.2, 0) is 0 Å². The smallest absolute Gasteiger partial charge is 0.115 e. The zero-order valence-electron chi connectivity index (χ0n) is 15.9. The van der Waals surface area contributed by atoms with Crippen LogP contribution < -0.4 is 0 Å². The van der Waals surface area contributed by atoms with E-state index in [1.165, 1.54) is 5.56 Å². The molecule has 0 fully saturated rings. The van der Waals surface area contributed by atoms with E-state index in [0.29, 0.717) is 10.0 Å². The van der Waals surface area contributed by atoms with Crippen LogP contribution in [0.3, 0.4) is 0 Å². The second-order valence-corrected chi connectivity index (χ2v) is 7.78. The molecule has 0 amide bonds. The number of halogens is 2. The van der Waals surface area contributed by atoms with Crippen LogP contribution in [0.2, 0.25) is 10.0 Å². The molecular weight excluding hydrogens is 403 g/mol. The lowest BCUT2D eigenvalue weighted by atomic mass is 9.93. The molecule has 3 nitrogen and oxygen atoms in total. The van der Waals surface area contributed by atoms with E-state index in [9.17, 15) is 5.11 Å². The Balaban J connectivity index is 1.61. The number of aromatic hydroxyl groups is 1. The molecule has 1 aromatic heterocycles. The van der Waals surface area contributed by atoms with Crippen molar-refractivity contribution in [2.45, 2.75) is 19.3 Å². The standard InChI is InChI=1S/C24H20Cl2N2O/c1-2-20(17-5-3-15(4-6-17)16-7-10-19(29)11-8-16)24-27-14-23(28-24)21-12-9-18(25)13-22(21)26/h3-14,20,29H,2H2,1H3,(H,27,28). The minimum Gasteiger partial charge on any atom is -0.508 e. The first-order valence-electron chi connectivity index (χ1n) is 9.45. The van der Waals surface area contributed by atoms with Crippen LogP contribution in [0.15, 0.2) is 72.9 Å². The summed E-state index contributed by atoms with van der Waals surface area (Å²) in [6, 6.07) is 21.1. The molecule has 0 radical (unpaired) electrons. The van der Waals surface area contributed by atoms with Gasteiger partial charge in [-0.3, -0.25) is 0 Å². The molecule has 146 valence electrons. The molecule has 2 N–H and O–H groups in total. The van der Waals surface area contributed by atoms with Gasteiger partial charge in [0, 0.05) is 16.5 Å². The Morgan fingerprint density at radius 3 is 2.21 bits per heavy atom. The molecule has 0 aliphatic heterocycles. The number of aromatic nitrogens is 2. The van der Waals surface area contributed by atoms with E-state index in [2.05, 4.69) is 41.2 Å². The molecule has 0 aliphatic carbocycles. The van der Waals surface area contributed by atoms with Crippen LogP contribution in [0.1, 0.15) is 30.7 Å². The molecule has 0 bridgehead atoms. The molecule has 4 rings (SSSR count). The van der Waals surface area contributed by atoms with Crippen molar-refractivity contribution in [3.05, 3.63) is 94.4 Å². The third-order valence-corrected chi connectivity index (χ3v) is 5.62. The van der Waals surface area contributed by atoms with Gasteiger partial charge in [0.25, 0.3) is 0 Å². The average molecular weight is 423 g/mol. The lowest BCUT2D eigenvalue weighted by Gasteiger charge is -2.14. The van der Waals surface area contributed by atoms with E-state index < -0.39 is 0 Å². The predicted molar refractivity (Wildman–Crippen MR) is 120 cm³/mol. The highest BCUT2D eigenvalue weighted by Crippen LogP contribution is 2.33. The predicted octanol–water partition coefficient (Wildman–Crippen LogP) is 7.30. The minimum atomic E-state index is 0.156. The number of benzene rings is 3. The Bertz CT molecular complexity index is 1120. The monoisotopic (exact) mass is 422 g/mol. The zero-order chi connectivity index (χ0) is 20.4. The van der Waals surface area contributed by atoms with E-state index in [1.54, 1.807) is 18.2 Å². The number of hydrogen-bond acceptors (Lipinski definition) is 2. The van der Waals surface area contributed by atoms with Crippen molar-refractivity contribution in [3.8, 4) is 28.1 Å². The van der Waals surface area contributed by atoms with Gasteiger partial charge in [-0.15, -0.1) is 0 Å². The zero-order valence-corrected chi connectivity index (χ0v) is 17.4. The van der Waals surface area contributed by atoms with Gasteiger partial charge in [0.1, 0.15) is 11.6 Å². The second kappa shape index (κ2) is 8.32. The fourth-order valence-corrected chi connectivity index (χ4v) is 4.02. The first-order chi connectivity index (χ1) is 14.0. The maximum Gasteiger partial charge on any atom is 0.115 e. The van der Waals surface area contributed by atoms with Gasteiger partial charge in [-0.05, 0) is 53.4 Å². The third-order valence-electron chi connectivity index (χ3n) is 5.07. The van der Waals surface area contributed by atoms with Crippen LogP contribution in [0.4, 0.5) is 0 Å². The molecule has 3 aromatic carbocycles. The first kappa shape index (κ1) is 19.6. The van der Waals surface area contributed by atoms with Gasteiger partial charge in [0.05, 0.1) is 16.9 Å². The number of imidazole rings is 1. The summed E-state index contributed by atoms with van der Waals surface area (Å²) in [5.74, 6) is 1.33. The third kappa shape index (κ3) is 4.16. The van der Waals surface area contributed by atoms with Crippen LogP contribution in [0, 0.1) is 0 Å². The number of H-pyrrole nitrogens is 1. The molecule has 1 atom stereocenters. The fraction of sp³-hybridized carbons (Fsp3) is 0.125. The molecule has 4 aromatic rings. The van der Waals surface area contributed by atoms with Gasteiger partial charge in [0.2, 0.25) is 0 Å². The van der Waals surface area contributed by atoms with Crippen molar-refractivity contribution in [1.82, 2.24) is 9.97 Å².